The van der Waals surface area contributed by atoms with Crippen molar-refractivity contribution in [3.05, 3.63) is 96.8 Å². The minimum absolute atomic E-state index is 0.317. The van der Waals surface area contributed by atoms with E-state index in [0.717, 1.165) is 16.9 Å². The van der Waals surface area contributed by atoms with Gasteiger partial charge in [0.15, 0.2) is 6.29 Å². The van der Waals surface area contributed by atoms with E-state index < -0.39 is 0 Å². The number of rotatable bonds is 7. The van der Waals surface area contributed by atoms with Crippen molar-refractivity contribution in [3.63, 3.8) is 0 Å². The zero-order chi connectivity index (χ0) is 22.9. The maximum atomic E-state index is 10.7. The molecule has 1 heterocycles. The van der Waals surface area contributed by atoms with Crippen LogP contribution in [0.15, 0.2) is 85.7 Å². The first-order chi connectivity index (χ1) is 15.2. The lowest BCUT2D eigenvalue weighted by atomic mass is 10.1. The lowest BCUT2D eigenvalue weighted by Crippen LogP contribution is -1.92. The van der Waals surface area contributed by atoms with E-state index in [4.69, 9.17) is 4.74 Å². The normalized spacial score (nSPS) is 9.71. The molecule has 0 bridgehead atoms. The monoisotopic (exact) mass is 417 g/mol. The smallest absolute Gasteiger partial charge is 0.150 e. The van der Waals surface area contributed by atoms with E-state index in [1.807, 2.05) is 42.5 Å². The molecule has 0 radical (unpaired) electrons. The summed E-state index contributed by atoms with van der Waals surface area (Å²) >= 11 is 0. The van der Waals surface area contributed by atoms with Gasteiger partial charge in [-0.25, -0.2) is 0 Å². The van der Waals surface area contributed by atoms with Gasteiger partial charge in [-0.05, 0) is 43.0 Å². The van der Waals surface area contributed by atoms with Crippen LogP contribution in [0.5, 0.6) is 5.75 Å². The Kier molecular flexibility index (Phi) is 12.0. The Morgan fingerprint density at radius 2 is 1.74 bits per heavy atom. The van der Waals surface area contributed by atoms with Crippen LogP contribution in [0.2, 0.25) is 0 Å². The van der Waals surface area contributed by atoms with Crippen LogP contribution >= 0.6 is 0 Å². The van der Waals surface area contributed by atoms with Crippen LogP contribution in [0.4, 0.5) is 11.4 Å². The molecule has 2 aromatic carbocycles. The average Bonchev–Trinajstić information content (AvgIpc) is 2.85. The zero-order valence-electron chi connectivity index (χ0n) is 17.7. The van der Waals surface area contributed by atoms with Gasteiger partial charge >= 0.3 is 0 Å². The van der Waals surface area contributed by atoms with Gasteiger partial charge in [0.25, 0.3) is 0 Å². The number of hydrogen-bond acceptors (Lipinski definition) is 6. The number of para-hydroxylation sites is 2. The van der Waals surface area contributed by atoms with Crippen LogP contribution in [0.3, 0.4) is 0 Å². The number of carbonyl (C=O) groups excluding carboxylic acids is 2. The van der Waals surface area contributed by atoms with Crippen molar-refractivity contribution in [2.45, 2.75) is 0 Å². The van der Waals surface area contributed by atoms with Gasteiger partial charge in [-0.15, -0.1) is 0 Å². The molecule has 0 spiro atoms. The number of pyridine rings is 1. The summed E-state index contributed by atoms with van der Waals surface area (Å²) in [5.41, 5.74) is 8.54. The first-order valence-corrected chi connectivity index (χ1v) is 9.43. The molecule has 160 valence electrons. The van der Waals surface area contributed by atoms with Crippen molar-refractivity contribution in [3.8, 4) is 5.75 Å². The molecule has 0 aliphatic rings. The van der Waals surface area contributed by atoms with E-state index in [0.29, 0.717) is 29.5 Å². The SMILES string of the molecule is C=Cc1ccccc1Nc1cccnc1.CN.COc1ccccc1/C(C=O)=C/C=O. The zero-order valence-corrected chi connectivity index (χ0v) is 17.7. The Morgan fingerprint density at radius 3 is 2.35 bits per heavy atom. The van der Waals surface area contributed by atoms with Crippen LogP contribution in [0, 0.1) is 0 Å². The number of benzene rings is 2. The highest BCUT2D eigenvalue weighted by Gasteiger charge is 2.05. The molecule has 0 aliphatic heterocycles. The molecule has 1 aromatic heterocycles. The van der Waals surface area contributed by atoms with Crippen LogP contribution in [-0.4, -0.2) is 31.7 Å². The van der Waals surface area contributed by atoms with Gasteiger partial charge in [0.05, 0.1) is 19.0 Å². The third-order valence-electron chi connectivity index (χ3n) is 3.91. The Labute approximate surface area is 183 Å². The fourth-order valence-electron chi connectivity index (χ4n) is 2.53. The number of ether oxygens (including phenoxy) is 1. The predicted molar refractivity (Wildman–Crippen MR) is 127 cm³/mol. The lowest BCUT2D eigenvalue weighted by Gasteiger charge is -2.08. The summed E-state index contributed by atoms with van der Waals surface area (Å²) in [7, 11) is 3.02. The second kappa shape index (κ2) is 14.9. The van der Waals surface area contributed by atoms with Crippen molar-refractivity contribution in [2.24, 2.45) is 5.73 Å². The summed E-state index contributed by atoms with van der Waals surface area (Å²) in [5, 5.41) is 3.29. The molecule has 0 amide bonds. The first-order valence-electron chi connectivity index (χ1n) is 9.43. The number of nitrogens with one attached hydrogen (secondary N) is 1. The molecule has 31 heavy (non-hydrogen) atoms. The van der Waals surface area contributed by atoms with Gasteiger partial charge in [-0.2, -0.15) is 0 Å². The number of carbonyl (C=O) groups is 2. The third kappa shape index (κ3) is 8.08. The molecule has 0 saturated carbocycles. The molecule has 0 aliphatic carbocycles. The second-order valence-corrected chi connectivity index (χ2v) is 5.73. The van der Waals surface area contributed by atoms with Crippen molar-refractivity contribution < 1.29 is 14.3 Å². The van der Waals surface area contributed by atoms with Gasteiger partial charge in [0.1, 0.15) is 12.0 Å². The molecule has 6 heteroatoms. The predicted octanol–water partition coefficient (Wildman–Crippen LogP) is 4.52. The van der Waals surface area contributed by atoms with Gasteiger partial charge in [0, 0.05) is 23.0 Å². The van der Waals surface area contributed by atoms with Crippen LogP contribution in [-0.2, 0) is 9.59 Å². The molecular formula is C25H27N3O3. The maximum absolute atomic E-state index is 10.7. The highest BCUT2D eigenvalue weighted by atomic mass is 16.5. The van der Waals surface area contributed by atoms with Crippen LogP contribution < -0.4 is 15.8 Å². The van der Waals surface area contributed by atoms with E-state index >= 15 is 0 Å². The number of nitrogens with two attached hydrogens (primary N) is 1. The quantitative estimate of drug-likeness (QED) is 0.434. The summed E-state index contributed by atoms with van der Waals surface area (Å²) in [5.74, 6) is 0.577. The Morgan fingerprint density at radius 1 is 1.03 bits per heavy atom. The molecule has 0 unspecified atom stereocenters. The van der Waals surface area contributed by atoms with Gasteiger partial charge in [-0.1, -0.05) is 49.1 Å². The summed E-state index contributed by atoms with van der Waals surface area (Å²) in [6.45, 7) is 3.78. The highest BCUT2D eigenvalue weighted by Crippen LogP contribution is 2.23. The molecule has 6 nitrogen and oxygen atoms in total. The molecule has 3 aromatic rings. The third-order valence-corrected chi connectivity index (χ3v) is 3.91. The van der Waals surface area contributed by atoms with E-state index in [2.05, 4.69) is 22.6 Å². The van der Waals surface area contributed by atoms with E-state index in [-0.39, 0.29) is 0 Å². The summed E-state index contributed by atoms with van der Waals surface area (Å²) in [4.78, 5) is 25.0. The van der Waals surface area contributed by atoms with Gasteiger partial charge in [-0.3, -0.25) is 14.6 Å². The standard InChI is InChI=1S/C13H12N2.C11H10O3.CH5N/c1-2-11-6-3-4-8-13(11)15-12-7-5-9-14-10-12;1-14-11-5-3-2-4-10(11)9(8-13)6-7-12;1-2/h2-10,15H,1H2;2-8H,1H3;2H2,1H3/b;9-6+;. The lowest BCUT2D eigenvalue weighted by molar-refractivity contribution is -0.105. The van der Waals surface area contributed by atoms with Gasteiger partial charge in [0.2, 0.25) is 0 Å². The molecule has 3 N–H and O–H groups in total. The number of methoxy groups -OCH3 is 1. The summed E-state index contributed by atoms with van der Waals surface area (Å²) in [6.07, 6.45) is 7.80. The molecular weight excluding hydrogens is 390 g/mol. The Bertz CT molecular complexity index is 986. The summed E-state index contributed by atoms with van der Waals surface area (Å²) < 4.78 is 5.06. The van der Waals surface area contributed by atoms with Gasteiger partial charge < -0.3 is 15.8 Å². The highest BCUT2D eigenvalue weighted by molar-refractivity contribution is 6.11. The molecule has 0 fully saturated rings. The minimum atomic E-state index is 0.317. The molecule has 3 rings (SSSR count). The number of aldehydes is 2. The van der Waals surface area contributed by atoms with Crippen molar-refractivity contribution in [2.75, 3.05) is 19.5 Å². The number of hydrogen-bond donors (Lipinski definition) is 2. The minimum Gasteiger partial charge on any atom is -0.496 e. The van der Waals surface area contributed by atoms with E-state index in [9.17, 15) is 9.59 Å². The molecule has 0 atom stereocenters. The van der Waals surface area contributed by atoms with Crippen LogP contribution in [0.1, 0.15) is 11.1 Å². The second-order valence-electron chi connectivity index (χ2n) is 5.73. The number of anilines is 2. The largest absolute Gasteiger partial charge is 0.496 e. The average molecular weight is 418 g/mol. The number of allylic oxidation sites excluding steroid dienone is 2. The van der Waals surface area contributed by atoms with Crippen molar-refractivity contribution >= 4 is 35.6 Å². The van der Waals surface area contributed by atoms with E-state index in [1.165, 1.54) is 20.2 Å². The fraction of sp³-hybridized carbons (Fsp3) is 0.0800. The first kappa shape index (κ1) is 25.0. The molecule has 0 saturated heterocycles. The van der Waals surface area contributed by atoms with Crippen LogP contribution in [0.25, 0.3) is 11.6 Å². The Hall–Kier alpha value is -4.03. The Balaban J connectivity index is 0.000000288. The summed E-state index contributed by atoms with van der Waals surface area (Å²) in [6, 6.07) is 18.9. The fourth-order valence-corrected chi connectivity index (χ4v) is 2.53. The van der Waals surface area contributed by atoms with E-state index in [1.54, 1.807) is 36.7 Å². The van der Waals surface area contributed by atoms with Crippen molar-refractivity contribution in [1.82, 2.24) is 4.98 Å². The van der Waals surface area contributed by atoms with Crippen molar-refractivity contribution in [1.29, 1.82) is 0 Å². The number of aromatic nitrogens is 1. The number of nitrogens with zero attached hydrogens (tertiary/aromatic N) is 1. The topological polar surface area (TPSA) is 94.3 Å². The maximum Gasteiger partial charge on any atom is 0.150 e.